The zero-order chi connectivity index (χ0) is 38.5. The molecule has 6 heterocycles. The molecule has 2 N–H and O–H groups in total. The third kappa shape index (κ3) is 11.1. The van der Waals surface area contributed by atoms with Crippen molar-refractivity contribution >= 4 is 52.2 Å². The molecule has 0 atom stereocenters. The molecule has 12 nitrogen and oxygen atoms in total. The van der Waals surface area contributed by atoms with Crippen LogP contribution in [-0.4, -0.2) is 82.0 Å². The highest BCUT2D eigenvalue weighted by Gasteiger charge is 2.33. The summed E-state index contributed by atoms with van der Waals surface area (Å²) in [6, 6.07) is 13.0. The van der Waals surface area contributed by atoms with E-state index in [9.17, 15) is 18.4 Å². The molecule has 0 spiro atoms. The highest BCUT2D eigenvalue weighted by atomic mass is 35.5. The van der Waals surface area contributed by atoms with E-state index < -0.39 is 11.7 Å². The van der Waals surface area contributed by atoms with Crippen LogP contribution in [0.4, 0.5) is 19.4 Å². The minimum absolute atomic E-state index is 0. The van der Waals surface area contributed by atoms with Crippen LogP contribution >= 0.6 is 12.4 Å². The van der Waals surface area contributed by atoms with Gasteiger partial charge in [0.2, 0.25) is 5.91 Å². The normalized spacial score (nSPS) is 17.3. The average Bonchev–Trinajstić information content (AvgIpc) is 3.79. The van der Waals surface area contributed by atoms with Crippen molar-refractivity contribution in [3.8, 4) is 0 Å². The van der Waals surface area contributed by atoms with Gasteiger partial charge >= 0.3 is 6.09 Å². The van der Waals surface area contributed by atoms with Crippen molar-refractivity contribution in [2.24, 2.45) is 5.92 Å². The van der Waals surface area contributed by atoms with Crippen LogP contribution in [0.25, 0.3) is 21.9 Å². The fraction of sp³-hybridized carbons (Fsp3) is 0.500. The Morgan fingerprint density at radius 2 is 1.39 bits per heavy atom. The van der Waals surface area contributed by atoms with Crippen LogP contribution in [0.1, 0.15) is 95.5 Å². The molecule has 3 saturated heterocycles. The van der Waals surface area contributed by atoms with E-state index in [1.807, 2.05) is 37.8 Å². The number of amides is 2. The molecule has 0 bridgehead atoms. The zero-order valence-corrected chi connectivity index (χ0v) is 32.9. The van der Waals surface area contributed by atoms with Crippen molar-refractivity contribution < 1.29 is 32.2 Å². The van der Waals surface area contributed by atoms with E-state index in [0.29, 0.717) is 36.0 Å². The number of carbonyl (C=O) groups excluding carboxylic acids is 2. The molecule has 0 radical (unpaired) electrons. The smallest absolute Gasteiger partial charge is 0.413 e. The number of piperidine rings is 3. The SMILES string of the molecule is C.CC(C)(C)OC(=O)Nc1cc(CN2CCC(C(=O)N3CCC(c4noc5cc(F)ccc45)CC3)CC2)ccn1.Cl.Fc1ccc2c(C3CCNCC3)noc2c1. The Morgan fingerprint density at radius 1 is 0.825 bits per heavy atom. The summed E-state index contributed by atoms with van der Waals surface area (Å²) < 4.78 is 42.3. The molecule has 0 aliphatic carbocycles. The van der Waals surface area contributed by atoms with Gasteiger partial charge in [-0.1, -0.05) is 17.7 Å². The van der Waals surface area contributed by atoms with E-state index >= 15 is 0 Å². The molecule has 0 unspecified atom stereocenters. The molecule has 57 heavy (non-hydrogen) atoms. The number of pyridine rings is 1. The Balaban J connectivity index is 0.000000288. The van der Waals surface area contributed by atoms with Gasteiger partial charge in [0.05, 0.1) is 11.4 Å². The number of halogens is 3. The van der Waals surface area contributed by atoms with Crippen LogP contribution in [0.15, 0.2) is 63.8 Å². The predicted molar refractivity (Wildman–Crippen MR) is 217 cm³/mol. The third-order valence-corrected chi connectivity index (χ3v) is 10.6. The largest absolute Gasteiger partial charge is 0.444 e. The fourth-order valence-corrected chi connectivity index (χ4v) is 7.82. The van der Waals surface area contributed by atoms with E-state index in [1.165, 1.54) is 24.3 Å². The van der Waals surface area contributed by atoms with E-state index in [4.69, 9.17) is 13.8 Å². The summed E-state index contributed by atoms with van der Waals surface area (Å²) in [7, 11) is 0. The molecular formula is C42H54ClF2N7O5. The predicted octanol–water partition coefficient (Wildman–Crippen LogP) is 8.82. The van der Waals surface area contributed by atoms with Crippen LogP contribution in [0.2, 0.25) is 0 Å². The third-order valence-electron chi connectivity index (χ3n) is 10.6. The zero-order valence-electron chi connectivity index (χ0n) is 32.1. The van der Waals surface area contributed by atoms with Crippen molar-refractivity contribution in [3.63, 3.8) is 0 Å². The first-order valence-corrected chi connectivity index (χ1v) is 19.3. The Bertz CT molecular complexity index is 2100. The van der Waals surface area contributed by atoms with E-state index in [0.717, 1.165) is 99.0 Å². The van der Waals surface area contributed by atoms with Gasteiger partial charge in [-0.05, 0) is 127 Å². The lowest BCUT2D eigenvalue weighted by Gasteiger charge is -2.37. The first kappa shape index (κ1) is 43.5. The summed E-state index contributed by atoms with van der Waals surface area (Å²) in [4.78, 5) is 33.9. The highest BCUT2D eigenvalue weighted by molar-refractivity contribution is 5.85. The van der Waals surface area contributed by atoms with E-state index in [2.05, 4.69) is 30.8 Å². The number of likely N-dealkylation sites (tertiary alicyclic amines) is 2. The summed E-state index contributed by atoms with van der Waals surface area (Å²) in [6.07, 6.45) is 6.59. The summed E-state index contributed by atoms with van der Waals surface area (Å²) in [6.45, 7) is 11.3. The Labute approximate surface area is 338 Å². The first-order valence-electron chi connectivity index (χ1n) is 19.3. The number of nitrogens with one attached hydrogen (secondary N) is 2. The number of hydrogen-bond donors (Lipinski definition) is 2. The lowest BCUT2D eigenvalue weighted by Crippen LogP contribution is -2.45. The van der Waals surface area contributed by atoms with Crippen molar-refractivity contribution in [2.45, 2.75) is 90.7 Å². The Hall–Kier alpha value is -4.66. The molecule has 3 fully saturated rings. The molecule has 2 amide bonds. The van der Waals surface area contributed by atoms with Gasteiger partial charge < -0.3 is 24.0 Å². The summed E-state index contributed by atoms with van der Waals surface area (Å²) in [5.74, 6) is 0.771. The number of fused-ring (bicyclic) bond motifs is 2. The quantitative estimate of drug-likeness (QED) is 0.171. The molecule has 2 aromatic carbocycles. The van der Waals surface area contributed by atoms with E-state index in [1.54, 1.807) is 18.3 Å². The summed E-state index contributed by atoms with van der Waals surface area (Å²) in [5, 5.41) is 16.1. The number of ether oxygens (including phenoxy) is 1. The van der Waals surface area contributed by atoms with Gasteiger partial charge in [0.15, 0.2) is 11.2 Å². The van der Waals surface area contributed by atoms with Crippen molar-refractivity contribution in [1.82, 2.24) is 30.4 Å². The molecular weight excluding hydrogens is 756 g/mol. The Kier molecular flexibility index (Phi) is 14.6. The lowest BCUT2D eigenvalue weighted by molar-refractivity contribution is -0.138. The number of anilines is 1. The van der Waals surface area contributed by atoms with Crippen LogP contribution < -0.4 is 10.6 Å². The molecule has 0 saturated carbocycles. The lowest BCUT2D eigenvalue weighted by atomic mass is 9.89. The standard InChI is InChI=1S/C29H36FN5O4.C12H13FN2O.CH4.ClH/c1-29(2,3)38-28(37)32-25-16-19(6-11-31-25)18-34-12-7-21(8-13-34)27(36)35-14-9-20(10-15-35)26-23-5-4-22(30)17-24(23)39-33-26;13-9-1-2-10-11(7-9)16-15-12(10)8-3-5-14-6-4-8;;/h4-6,11,16-17,20-21H,7-10,12-15,18H2,1-3H3,(H,31,32,37);1-2,7-8,14H,3-6H2;1H4;1H. The summed E-state index contributed by atoms with van der Waals surface area (Å²) in [5.41, 5.74) is 3.34. The van der Waals surface area contributed by atoms with Gasteiger partial charge in [-0.25, -0.2) is 18.6 Å². The van der Waals surface area contributed by atoms with Crippen molar-refractivity contribution in [3.05, 3.63) is 83.3 Å². The minimum atomic E-state index is -0.576. The number of nitrogens with zero attached hydrogens (tertiary/aromatic N) is 5. The first-order chi connectivity index (χ1) is 26.5. The second kappa shape index (κ2) is 19.2. The van der Waals surface area contributed by atoms with Gasteiger partial charge in [-0.3, -0.25) is 15.0 Å². The average molecular weight is 810 g/mol. The minimum Gasteiger partial charge on any atom is -0.444 e. The molecule has 15 heteroatoms. The number of carbonyl (C=O) groups is 2. The van der Waals surface area contributed by atoms with Gasteiger partial charge in [-0.15, -0.1) is 12.4 Å². The van der Waals surface area contributed by atoms with Crippen LogP contribution in [0.3, 0.4) is 0 Å². The number of aromatic nitrogens is 3. The van der Waals surface area contributed by atoms with Gasteiger partial charge in [0.1, 0.15) is 23.1 Å². The molecule has 3 aliphatic heterocycles. The maximum atomic E-state index is 13.5. The van der Waals surface area contributed by atoms with Crippen LogP contribution in [0.5, 0.6) is 0 Å². The fourth-order valence-electron chi connectivity index (χ4n) is 7.82. The second-order valence-electron chi connectivity index (χ2n) is 15.8. The van der Waals surface area contributed by atoms with Crippen LogP contribution in [0, 0.1) is 17.6 Å². The van der Waals surface area contributed by atoms with E-state index in [-0.39, 0.29) is 49.2 Å². The van der Waals surface area contributed by atoms with Gasteiger partial charge in [0, 0.05) is 66.5 Å². The van der Waals surface area contributed by atoms with Gasteiger partial charge in [0.25, 0.3) is 0 Å². The maximum Gasteiger partial charge on any atom is 0.413 e. The molecule has 308 valence electrons. The van der Waals surface area contributed by atoms with Gasteiger partial charge in [-0.2, -0.15) is 0 Å². The van der Waals surface area contributed by atoms with Crippen LogP contribution in [-0.2, 0) is 16.1 Å². The summed E-state index contributed by atoms with van der Waals surface area (Å²) >= 11 is 0. The second-order valence-corrected chi connectivity index (χ2v) is 15.8. The number of rotatable bonds is 6. The highest BCUT2D eigenvalue weighted by Crippen LogP contribution is 2.34. The molecule has 5 aromatic rings. The number of benzene rings is 2. The molecule has 3 aliphatic rings. The maximum absolute atomic E-state index is 13.5. The number of hydrogen-bond acceptors (Lipinski definition) is 10. The molecule has 8 rings (SSSR count). The Morgan fingerprint density at radius 3 is 1.95 bits per heavy atom. The topological polar surface area (TPSA) is 139 Å². The van der Waals surface area contributed by atoms with Crippen molar-refractivity contribution in [1.29, 1.82) is 0 Å². The molecule has 3 aromatic heterocycles. The van der Waals surface area contributed by atoms with Crippen molar-refractivity contribution in [2.75, 3.05) is 44.6 Å². The monoisotopic (exact) mass is 809 g/mol.